The molecule has 0 aliphatic rings. The molecule has 3 heteroatoms. The maximum atomic E-state index is 8.79. The van der Waals surface area contributed by atoms with E-state index in [9.17, 15) is 0 Å². The van der Waals surface area contributed by atoms with Crippen molar-refractivity contribution in [3.63, 3.8) is 0 Å². The summed E-state index contributed by atoms with van der Waals surface area (Å²) in [6.07, 6.45) is 1.64. The van der Waals surface area contributed by atoms with Crippen molar-refractivity contribution in [1.82, 2.24) is 0 Å². The van der Waals surface area contributed by atoms with Gasteiger partial charge in [-0.2, -0.15) is 0 Å². The molecule has 0 aliphatic carbocycles. The Morgan fingerprint density at radius 2 is 2.00 bits per heavy atom. The van der Waals surface area contributed by atoms with E-state index in [1.807, 2.05) is 38.1 Å². The van der Waals surface area contributed by atoms with Crippen molar-refractivity contribution in [2.75, 3.05) is 6.61 Å². The monoisotopic (exact) mass is 223 g/mol. The largest absolute Gasteiger partial charge is 0.491 e. The number of rotatable bonds is 6. The summed E-state index contributed by atoms with van der Waals surface area (Å²) < 4.78 is 5.70. The Kier molecular flexibility index (Phi) is 5.29. The zero-order chi connectivity index (χ0) is 12.0. The molecule has 0 unspecified atom stereocenters. The third-order valence-electron chi connectivity index (χ3n) is 2.35. The molecular weight excluding hydrogens is 202 g/mol. The lowest BCUT2D eigenvalue weighted by molar-refractivity contribution is 0.237. The van der Waals surface area contributed by atoms with Crippen LogP contribution < -0.4 is 10.5 Å². The van der Waals surface area contributed by atoms with Gasteiger partial charge in [-0.1, -0.05) is 18.2 Å². The lowest BCUT2D eigenvalue weighted by atomic mass is 10.0. The van der Waals surface area contributed by atoms with Gasteiger partial charge < -0.3 is 15.6 Å². The maximum Gasteiger partial charge on any atom is 0.124 e. The molecule has 3 N–H and O–H groups in total. The van der Waals surface area contributed by atoms with Crippen molar-refractivity contribution in [2.45, 2.75) is 38.8 Å². The predicted molar refractivity (Wildman–Crippen MR) is 65.5 cm³/mol. The molecule has 0 heterocycles. The lowest BCUT2D eigenvalue weighted by Gasteiger charge is -2.18. The van der Waals surface area contributed by atoms with E-state index in [1.54, 1.807) is 0 Å². The van der Waals surface area contributed by atoms with Crippen molar-refractivity contribution in [3.05, 3.63) is 29.8 Å². The number of aliphatic hydroxyl groups is 1. The Hall–Kier alpha value is -1.06. The van der Waals surface area contributed by atoms with E-state index in [2.05, 4.69) is 0 Å². The van der Waals surface area contributed by atoms with Crippen molar-refractivity contribution in [1.29, 1.82) is 0 Å². The second kappa shape index (κ2) is 6.51. The zero-order valence-corrected chi connectivity index (χ0v) is 10.0. The Balaban J connectivity index is 2.76. The van der Waals surface area contributed by atoms with Gasteiger partial charge in [0.2, 0.25) is 0 Å². The van der Waals surface area contributed by atoms with Crippen LogP contribution in [-0.2, 0) is 0 Å². The van der Waals surface area contributed by atoms with Gasteiger partial charge in [0.1, 0.15) is 5.75 Å². The first-order valence-corrected chi connectivity index (χ1v) is 5.77. The SMILES string of the molecule is CC(C)Oc1ccccc1[C@@H](N)CCCO. The fraction of sp³-hybridized carbons (Fsp3) is 0.538. The second-order valence-electron chi connectivity index (χ2n) is 4.18. The van der Waals surface area contributed by atoms with Gasteiger partial charge in [0, 0.05) is 18.2 Å². The van der Waals surface area contributed by atoms with E-state index < -0.39 is 0 Å². The number of aliphatic hydroxyl groups excluding tert-OH is 1. The Morgan fingerprint density at radius 1 is 1.31 bits per heavy atom. The number of benzene rings is 1. The summed E-state index contributed by atoms with van der Waals surface area (Å²) in [4.78, 5) is 0. The Morgan fingerprint density at radius 3 is 2.62 bits per heavy atom. The van der Waals surface area contributed by atoms with Crippen LogP contribution >= 0.6 is 0 Å². The minimum Gasteiger partial charge on any atom is -0.491 e. The van der Waals surface area contributed by atoms with Gasteiger partial charge in [-0.15, -0.1) is 0 Å². The average Bonchev–Trinajstić information content (AvgIpc) is 2.26. The summed E-state index contributed by atoms with van der Waals surface area (Å²) in [5.41, 5.74) is 7.08. The van der Waals surface area contributed by atoms with Gasteiger partial charge >= 0.3 is 0 Å². The van der Waals surface area contributed by atoms with Gasteiger partial charge in [0.05, 0.1) is 6.10 Å². The molecule has 0 aromatic heterocycles. The molecule has 1 atom stereocenters. The highest BCUT2D eigenvalue weighted by Gasteiger charge is 2.12. The molecule has 0 radical (unpaired) electrons. The van der Waals surface area contributed by atoms with Crippen LogP contribution in [0.4, 0.5) is 0 Å². The second-order valence-corrected chi connectivity index (χ2v) is 4.18. The summed E-state index contributed by atoms with van der Waals surface area (Å²) in [7, 11) is 0. The molecule has 3 nitrogen and oxygen atoms in total. The van der Waals surface area contributed by atoms with Gasteiger partial charge in [0.15, 0.2) is 0 Å². The highest BCUT2D eigenvalue weighted by atomic mass is 16.5. The van der Waals surface area contributed by atoms with E-state index >= 15 is 0 Å². The topological polar surface area (TPSA) is 55.5 Å². The summed E-state index contributed by atoms with van der Waals surface area (Å²) >= 11 is 0. The third-order valence-corrected chi connectivity index (χ3v) is 2.35. The minimum atomic E-state index is -0.0675. The van der Waals surface area contributed by atoms with Crippen LogP contribution in [0, 0.1) is 0 Å². The van der Waals surface area contributed by atoms with Crippen molar-refractivity contribution in [2.24, 2.45) is 5.73 Å². The van der Waals surface area contributed by atoms with Crippen LogP contribution in [0.15, 0.2) is 24.3 Å². The summed E-state index contributed by atoms with van der Waals surface area (Å²) in [6.45, 7) is 4.17. The molecule has 0 saturated carbocycles. The van der Waals surface area contributed by atoms with E-state index in [0.717, 1.165) is 24.2 Å². The molecule has 1 aromatic rings. The number of ether oxygens (including phenoxy) is 1. The molecule has 0 fully saturated rings. The molecule has 1 rings (SSSR count). The number of nitrogens with two attached hydrogens (primary N) is 1. The molecular formula is C13H21NO2. The standard InChI is InChI=1S/C13H21NO2/c1-10(2)16-13-8-4-3-6-11(13)12(14)7-5-9-15/h3-4,6,8,10,12,15H,5,7,9,14H2,1-2H3/t12-/m0/s1. The fourth-order valence-corrected chi connectivity index (χ4v) is 1.61. The maximum absolute atomic E-state index is 8.79. The van der Waals surface area contributed by atoms with Gasteiger partial charge in [-0.3, -0.25) is 0 Å². The van der Waals surface area contributed by atoms with Gasteiger partial charge in [0.25, 0.3) is 0 Å². The van der Waals surface area contributed by atoms with Crippen molar-refractivity contribution >= 4 is 0 Å². The van der Waals surface area contributed by atoms with E-state index in [-0.39, 0.29) is 18.8 Å². The molecule has 0 saturated heterocycles. The van der Waals surface area contributed by atoms with Crippen LogP contribution in [0.5, 0.6) is 5.75 Å². The minimum absolute atomic E-state index is 0.0675. The summed E-state index contributed by atoms with van der Waals surface area (Å²) in [5, 5.41) is 8.79. The van der Waals surface area contributed by atoms with Gasteiger partial charge in [-0.25, -0.2) is 0 Å². The Labute approximate surface area is 97.2 Å². The highest BCUT2D eigenvalue weighted by Crippen LogP contribution is 2.26. The zero-order valence-electron chi connectivity index (χ0n) is 10.0. The Bertz CT molecular complexity index is 313. The third kappa shape index (κ3) is 3.83. The average molecular weight is 223 g/mol. The van der Waals surface area contributed by atoms with E-state index in [0.29, 0.717) is 0 Å². The van der Waals surface area contributed by atoms with E-state index in [4.69, 9.17) is 15.6 Å². The molecule has 0 spiro atoms. The predicted octanol–water partition coefficient (Wildman–Crippen LogP) is 2.25. The number of hydrogen-bond donors (Lipinski definition) is 2. The molecule has 90 valence electrons. The fourth-order valence-electron chi connectivity index (χ4n) is 1.61. The van der Waals surface area contributed by atoms with E-state index in [1.165, 1.54) is 0 Å². The molecule has 16 heavy (non-hydrogen) atoms. The molecule has 0 amide bonds. The molecule has 0 aliphatic heterocycles. The first kappa shape index (κ1) is 13.0. The summed E-state index contributed by atoms with van der Waals surface area (Å²) in [5.74, 6) is 0.850. The van der Waals surface area contributed by atoms with Crippen LogP contribution in [0.1, 0.15) is 38.3 Å². The van der Waals surface area contributed by atoms with Crippen LogP contribution in [0.3, 0.4) is 0 Å². The number of hydrogen-bond acceptors (Lipinski definition) is 3. The molecule has 0 bridgehead atoms. The lowest BCUT2D eigenvalue weighted by Crippen LogP contribution is -2.14. The smallest absolute Gasteiger partial charge is 0.124 e. The quantitative estimate of drug-likeness (QED) is 0.777. The highest BCUT2D eigenvalue weighted by molar-refractivity contribution is 5.35. The first-order valence-electron chi connectivity index (χ1n) is 5.77. The summed E-state index contributed by atoms with van der Waals surface area (Å²) in [6, 6.07) is 7.76. The van der Waals surface area contributed by atoms with Crippen LogP contribution in [-0.4, -0.2) is 17.8 Å². The molecule has 1 aromatic carbocycles. The number of para-hydroxylation sites is 1. The van der Waals surface area contributed by atoms with Crippen molar-refractivity contribution in [3.8, 4) is 5.75 Å². The van der Waals surface area contributed by atoms with Crippen LogP contribution in [0.25, 0.3) is 0 Å². The van der Waals surface area contributed by atoms with Crippen LogP contribution in [0.2, 0.25) is 0 Å². The van der Waals surface area contributed by atoms with Gasteiger partial charge in [-0.05, 0) is 32.8 Å². The normalized spacial score (nSPS) is 12.8. The van der Waals surface area contributed by atoms with Crippen molar-refractivity contribution < 1.29 is 9.84 Å². The first-order chi connectivity index (χ1) is 7.65.